The van der Waals surface area contributed by atoms with Gasteiger partial charge >= 0.3 is 0 Å². The second-order valence-corrected chi connectivity index (χ2v) is 5.82. The Morgan fingerprint density at radius 3 is 2.65 bits per heavy atom. The molecule has 6 heteroatoms. The molecule has 1 fully saturated rings. The lowest BCUT2D eigenvalue weighted by Gasteiger charge is -2.35. The number of fused-ring (bicyclic) bond motifs is 1. The SMILES string of the molecule is Oc1cccnc1N1CCN(Cc2c[nH]c3ncccc23)CC1. The average Bonchev–Trinajstić information content (AvgIpc) is 2.99. The van der Waals surface area contributed by atoms with E-state index in [-0.39, 0.29) is 5.75 Å². The molecule has 0 saturated carbocycles. The molecule has 1 aliphatic rings. The third kappa shape index (κ3) is 2.73. The molecule has 0 spiro atoms. The van der Waals surface area contributed by atoms with E-state index < -0.39 is 0 Å². The van der Waals surface area contributed by atoms with Crippen molar-refractivity contribution in [3.8, 4) is 5.75 Å². The van der Waals surface area contributed by atoms with E-state index >= 15 is 0 Å². The monoisotopic (exact) mass is 309 g/mol. The molecule has 3 aromatic rings. The fourth-order valence-corrected chi connectivity index (χ4v) is 3.13. The normalized spacial score (nSPS) is 16.1. The minimum Gasteiger partial charge on any atom is -0.504 e. The predicted molar refractivity (Wildman–Crippen MR) is 89.5 cm³/mol. The fraction of sp³-hybridized carbons (Fsp3) is 0.294. The van der Waals surface area contributed by atoms with E-state index in [0.717, 1.165) is 38.4 Å². The summed E-state index contributed by atoms with van der Waals surface area (Å²) >= 11 is 0. The van der Waals surface area contributed by atoms with E-state index in [9.17, 15) is 5.11 Å². The van der Waals surface area contributed by atoms with Crippen molar-refractivity contribution in [1.82, 2.24) is 19.9 Å². The van der Waals surface area contributed by atoms with Gasteiger partial charge in [-0.1, -0.05) is 0 Å². The number of hydrogen-bond acceptors (Lipinski definition) is 5. The van der Waals surface area contributed by atoms with Gasteiger partial charge in [0, 0.05) is 56.7 Å². The third-order valence-electron chi connectivity index (χ3n) is 4.37. The standard InChI is InChI=1S/C17H19N5O/c23-15-4-2-6-19-17(15)22-9-7-21(8-10-22)12-13-11-20-16-14(13)3-1-5-18-16/h1-6,11,23H,7-10,12H2,(H,18,20). The van der Waals surface area contributed by atoms with Crippen molar-refractivity contribution in [2.45, 2.75) is 6.54 Å². The van der Waals surface area contributed by atoms with Crippen LogP contribution in [0.5, 0.6) is 5.75 Å². The molecule has 3 aromatic heterocycles. The number of nitrogens with one attached hydrogen (secondary N) is 1. The van der Waals surface area contributed by atoms with Crippen molar-refractivity contribution in [2.75, 3.05) is 31.1 Å². The molecular formula is C17H19N5O. The number of rotatable bonds is 3. The van der Waals surface area contributed by atoms with Gasteiger partial charge in [0.25, 0.3) is 0 Å². The van der Waals surface area contributed by atoms with Crippen molar-refractivity contribution in [3.63, 3.8) is 0 Å². The Labute approximate surface area is 134 Å². The van der Waals surface area contributed by atoms with Gasteiger partial charge in [0.1, 0.15) is 5.65 Å². The summed E-state index contributed by atoms with van der Waals surface area (Å²) in [7, 11) is 0. The zero-order valence-electron chi connectivity index (χ0n) is 12.8. The van der Waals surface area contributed by atoms with Crippen LogP contribution in [0.25, 0.3) is 11.0 Å². The lowest BCUT2D eigenvalue weighted by atomic mass is 10.2. The van der Waals surface area contributed by atoms with Crippen molar-refractivity contribution >= 4 is 16.9 Å². The van der Waals surface area contributed by atoms with Gasteiger partial charge < -0.3 is 15.0 Å². The minimum atomic E-state index is 0.253. The highest BCUT2D eigenvalue weighted by Crippen LogP contribution is 2.25. The third-order valence-corrected chi connectivity index (χ3v) is 4.37. The molecule has 1 saturated heterocycles. The van der Waals surface area contributed by atoms with Crippen LogP contribution in [-0.4, -0.2) is 51.1 Å². The summed E-state index contributed by atoms with van der Waals surface area (Å²) in [6, 6.07) is 7.52. The molecule has 4 rings (SSSR count). The van der Waals surface area contributed by atoms with E-state index in [1.54, 1.807) is 24.5 Å². The minimum absolute atomic E-state index is 0.253. The van der Waals surface area contributed by atoms with Gasteiger partial charge in [-0.15, -0.1) is 0 Å². The fourth-order valence-electron chi connectivity index (χ4n) is 3.13. The molecular weight excluding hydrogens is 290 g/mol. The van der Waals surface area contributed by atoms with Crippen molar-refractivity contribution < 1.29 is 5.11 Å². The van der Waals surface area contributed by atoms with Crippen molar-refractivity contribution in [2.24, 2.45) is 0 Å². The first-order valence-electron chi connectivity index (χ1n) is 7.83. The van der Waals surface area contributed by atoms with E-state index in [4.69, 9.17) is 0 Å². The lowest BCUT2D eigenvalue weighted by molar-refractivity contribution is 0.249. The molecule has 118 valence electrons. The summed E-state index contributed by atoms with van der Waals surface area (Å²) in [6.45, 7) is 4.54. The molecule has 23 heavy (non-hydrogen) atoms. The van der Waals surface area contributed by atoms with Crippen LogP contribution in [0.2, 0.25) is 0 Å². The molecule has 1 aliphatic heterocycles. The number of aromatic hydroxyl groups is 1. The molecule has 6 nitrogen and oxygen atoms in total. The largest absolute Gasteiger partial charge is 0.504 e. The van der Waals surface area contributed by atoms with E-state index in [1.165, 1.54) is 10.9 Å². The van der Waals surface area contributed by atoms with Crippen molar-refractivity contribution in [1.29, 1.82) is 0 Å². The van der Waals surface area contributed by atoms with E-state index in [1.807, 2.05) is 6.07 Å². The van der Waals surface area contributed by atoms with Gasteiger partial charge in [0.15, 0.2) is 11.6 Å². The summed E-state index contributed by atoms with van der Waals surface area (Å²) in [5.74, 6) is 0.937. The van der Waals surface area contributed by atoms with Crippen molar-refractivity contribution in [3.05, 3.63) is 48.4 Å². The van der Waals surface area contributed by atoms with Crippen LogP contribution in [0.1, 0.15) is 5.56 Å². The summed E-state index contributed by atoms with van der Waals surface area (Å²) in [5, 5.41) is 11.1. The second-order valence-electron chi connectivity index (χ2n) is 5.82. The van der Waals surface area contributed by atoms with Crippen LogP contribution in [-0.2, 0) is 6.54 Å². The molecule has 0 bridgehead atoms. The predicted octanol–water partition coefficient (Wildman–Crippen LogP) is 1.99. The number of nitrogens with zero attached hydrogens (tertiary/aromatic N) is 4. The number of anilines is 1. The van der Waals surface area contributed by atoms with Crippen LogP contribution >= 0.6 is 0 Å². The first-order valence-corrected chi connectivity index (χ1v) is 7.83. The van der Waals surface area contributed by atoms with E-state index in [2.05, 4.69) is 37.0 Å². The Balaban J connectivity index is 1.43. The topological polar surface area (TPSA) is 68.3 Å². The van der Waals surface area contributed by atoms with Crippen LogP contribution in [0.15, 0.2) is 42.9 Å². The Hall–Kier alpha value is -2.60. The quantitative estimate of drug-likeness (QED) is 0.774. The van der Waals surface area contributed by atoms with Gasteiger partial charge in [-0.3, -0.25) is 4.90 Å². The van der Waals surface area contributed by atoms with E-state index in [0.29, 0.717) is 5.82 Å². The highest BCUT2D eigenvalue weighted by atomic mass is 16.3. The number of hydrogen-bond donors (Lipinski definition) is 2. The molecule has 0 aliphatic carbocycles. The van der Waals surface area contributed by atoms with Gasteiger partial charge in [-0.2, -0.15) is 0 Å². The summed E-state index contributed by atoms with van der Waals surface area (Å²) in [6.07, 6.45) is 5.58. The number of aromatic amines is 1. The number of piperazine rings is 1. The molecule has 0 radical (unpaired) electrons. The first kappa shape index (κ1) is 14.0. The smallest absolute Gasteiger partial charge is 0.171 e. The molecule has 0 amide bonds. The van der Waals surface area contributed by atoms with Gasteiger partial charge in [0.05, 0.1) is 0 Å². The molecule has 0 atom stereocenters. The van der Waals surface area contributed by atoms with Crippen LogP contribution in [0, 0.1) is 0 Å². The number of pyridine rings is 2. The summed E-state index contributed by atoms with van der Waals surface area (Å²) in [4.78, 5) is 16.4. The molecule has 0 unspecified atom stereocenters. The van der Waals surface area contributed by atoms with Crippen LogP contribution in [0.4, 0.5) is 5.82 Å². The highest BCUT2D eigenvalue weighted by Gasteiger charge is 2.20. The van der Waals surface area contributed by atoms with Gasteiger partial charge in [0.2, 0.25) is 0 Å². The summed E-state index contributed by atoms with van der Waals surface area (Å²) in [5.41, 5.74) is 2.22. The summed E-state index contributed by atoms with van der Waals surface area (Å²) < 4.78 is 0. The maximum atomic E-state index is 9.93. The zero-order valence-corrected chi connectivity index (χ0v) is 12.8. The molecule has 0 aromatic carbocycles. The Morgan fingerprint density at radius 1 is 1.04 bits per heavy atom. The maximum absolute atomic E-state index is 9.93. The lowest BCUT2D eigenvalue weighted by Crippen LogP contribution is -2.46. The Morgan fingerprint density at radius 2 is 1.83 bits per heavy atom. The van der Waals surface area contributed by atoms with Crippen LogP contribution < -0.4 is 4.90 Å². The highest BCUT2D eigenvalue weighted by molar-refractivity contribution is 5.79. The first-order chi connectivity index (χ1) is 11.3. The second kappa shape index (κ2) is 5.89. The average molecular weight is 309 g/mol. The Bertz CT molecular complexity index is 807. The number of H-pyrrole nitrogens is 1. The van der Waals surface area contributed by atoms with Gasteiger partial charge in [-0.25, -0.2) is 9.97 Å². The molecule has 2 N–H and O–H groups in total. The Kier molecular flexibility index (Phi) is 3.59. The van der Waals surface area contributed by atoms with Crippen LogP contribution in [0.3, 0.4) is 0 Å². The number of aromatic nitrogens is 3. The molecule has 4 heterocycles. The van der Waals surface area contributed by atoms with Gasteiger partial charge in [-0.05, 0) is 29.8 Å². The maximum Gasteiger partial charge on any atom is 0.171 e. The zero-order chi connectivity index (χ0) is 15.6.